The van der Waals surface area contributed by atoms with Crippen molar-refractivity contribution < 1.29 is 0 Å². The van der Waals surface area contributed by atoms with Crippen molar-refractivity contribution >= 4 is 11.3 Å². The summed E-state index contributed by atoms with van der Waals surface area (Å²) in [4.78, 5) is 0. The lowest BCUT2D eigenvalue weighted by Gasteiger charge is -1.98. The van der Waals surface area contributed by atoms with Gasteiger partial charge < -0.3 is 5.73 Å². The fraction of sp³-hybridized carbons (Fsp3) is 0.0588. The SMILES string of the molecule is C=C(C)c1ccc(C#Cc2ccc(N)cc2)cc1. The molecule has 0 aliphatic carbocycles. The maximum absolute atomic E-state index is 5.62. The number of hydrogen-bond acceptors (Lipinski definition) is 1. The predicted octanol–water partition coefficient (Wildman–Crippen LogP) is 3.70. The first kappa shape index (κ1) is 12.0. The van der Waals surface area contributed by atoms with Crippen LogP contribution in [0.1, 0.15) is 23.6 Å². The molecule has 0 amide bonds. The first-order valence-electron chi connectivity index (χ1n) is 5.78. The minimum atomic E-state index is 0.756. The van der Waals surface area contributed by atoms with E-state index in [1.54, 1.807) is 0 Å². The predicted molar refractivity (Wildman–Crippen MR) is 78.0 cm³/mol. The topological polar surface area (TPSA) is 26.0 Å². The molecule has 0 heterocycles. The van der Waals surface area contributed by atoms with E-state index in [-0.39, 0.29) is 0 Å². The summed E-state index contributed by atoms with van der Waals surface area (Å²) in [5, 5.41) is 0. The maximum Gasteiger partial charge on any atom is 0.0314 e. The van der Waals surface area contributed by atoms with Gasteiger partial charge in [0, 0.05) is 16.8 Å². The van der Waals surface area contributed by atoms with Crippen LogP contribution in [0.5, 0.6) is 0 Å². The normalized spacial score (nSPS) is 9.39. The van der Waals surface area contributed by atoms with Crippen LogP contribution in [0.4, 0.5) is 5.69 Å². The van der Waals surface area contributed by atoms with Crippen molar-refractivity contribution in [2.24, 2.45) is 0 Å². The van der Waals surface area contributed by atoms with Crippen LogP contribution in [0, 0.1) is 11.8 Å². The molecule has 18 heavy (non-hydrogen) atoms. The lowest BCUT2D eigenvalue weighted by atomic mass is 10.1. The lowest BCUT2D eigenvalue weighted by molar-refractivity contribution is 1.55. The minimum Gasteiger partial charge on any atom is -0.399 e. The number of anilines is 1. The Labute approximate surface area is 108 Å². The largest absolute Gasteiger partial charge is 0.399 e. The molecule has 0 radical (unpaired) electrons. The highest BCUT2D eigenvalue weighted by atomic mass is 14.5. The second-order valence-electron chi connectivity index (χ2n) is 4.23. The molecule has 0 unspecified atom stereocenters. The number of hydrogen-bond donors (Lipinski definition) is 1. The Hall–Kier alpha value is -2.46. The Balaban J connectivity index is 2.19. The summed E-state index contributed by atoms with van der Waals surface area (Å²) in [5.41, 5.74) is 10.6. The van der Waals surface area contributed by atoms with E-state index in [4.69, 9.17) is 5.73 Å². The Kier molecular flexibility index (Phi) is 3.50. The van der Waals surface area contributed by atoms with Crippen molar-refractivity contribution in [3.8, 4) is 11.8 Å². The van der Waals surface area contributed by atoms with Gasteiger partial charge in [-0.3, -0.25) is 0 Å². The molecular formula is C17H15N. The van der Waals surface area contributed by atoms with Crippen molar-refractivity contribution in [2.75, 3.05) is 5.73 Å². The smallest absolute Gasteiger partial charge is 0.0314 e. The van der Waals surface area contributed by atoms with E-state index < -0.39 is 0 Å². The van der Waals surface area contributed by atoms with Crippen molar-refractivity contribution in [1.82, 2.24) is 0 Å². The zero-order valence-corrected chi connectivity index (χ0v) is 10.4. The van der Waals surface area contributed by atoms with E-state index in [1.165, 1.54) is 0 Å². The van der Waals surface area contributed by atoms with Crippen LogP contribution in [-0.4, -0.2) is 0 Å². The molecule has 2 rings (SSSR count). The molecule has 2 aromatic carbocycles. The van der Waals surface area contributed by atoms with Gasteiger partial charge >= 0.3 is 0 Å². The summed E-state index contributed by atoms with van der Waals surface area (Å²) in [6.07, 6.45) is 0. The summed E-state index contributed by atoms with van der Waals surface area (Å²) < 4.78 is 0. The molecule has 0 saturated heterocycles. The van der Waals surface area contributed by atoms with Crippen LogP contribution in [0.25, 0.3) is 5.57 Å². The van der Waals surface area contributed by atoms with Gasteiger partial charge in [-0.1, -0.05) is 36.1 Å². The summed E-state index contributed by atoms with van der Waals surface area (Å²) >= 11 is 0. The molecule has 1 nitrogen and oxygen atoms in total. The Morgan fingerprint density at radius 1 is 0.889 bits per heavy atom. The zero-order valence-electron chi connectivity index (χ0n) is 10.4. The molecule has 0 aromatic heterocycles. The lowest BCUT2D eigenvalue weighted by Crippen LogP contribution is -1.83. The molecular weight excluding hydrogens is 218 g/mol. The third-order valence-corrected chi connectivity index (χ3v) is 2.64. The molecule has 2 aromatic rings. The van der Waals surface area contributed by atoms with Gasteiger partial charge in [-0.2, -0.15) is 0 Å². The average Bonchev–Trinajstić information content (AvgIpc) is 2.38. The van der Waals surface area contributed by atoms with Crippen molar-refractivity contribution in [3.63, 3.8) is 0 Å². The van der Waals surface area contributed by atoms with Crippen LogP contribution in [0.3, 0.4) is 0 Å². The van der Waals surface area contributed by atoms with Crippen molar-refractivity contribution in [2.45, 2.75) is 6.92 Å². The van der Waals surface area contributed by atoms with Crippen molar-refractivity contribution in [3.05, 3.63) is 71.8 Å². The second kappa shape index (κ2) is 5.25. The number of nitrogens with two attached hydrogens (primary N) is 1. The highest BCUT2D eigenvalue weighted by Crippen LogP contribution is 2.12. The molecule has 88 valence electrons. The second-order valence-corrected chi connectivity index (χ2v) is 4.23. The summed E-state index contributed by atoms with van der Waals surface area (Å²) in [7, 11) is 0. The summed E-state index contributed by atoms with van der Waals surface area (Å²) in [5.74, 6) is 6.23. The monoisotopic (exact) mass is 233 g/mol. The molecule has 0 bridgehead atoms. The average molecular weight is 233 g/mol. The van der Waals surface area contributed by atoms with Gasteiger partial charge in [-0.25, -0.2) is 0 Å². The Bertz CT molecular complexity index is 607. The van der Waals surface area contributed by atoms with Gasteiger partial charge in [0.15, 0.2) is 0 Å². The molecule has 0 atom stereocenters. The fourth-order valence-corrected chi connectivity index (χ4v) is 1.55. The van der Waals surface area contributed by atoms with Gasteiger partial charge in [-0.15, -0.1) is 0 Å². The molecule has 2 N–H and O–H groups in total. The van der Waals surface area contributed by atoms with E-state index in [9.17, 15) is 0 Å². The molecule has 0 saturated carbocycles. The van der Waals surface area contributed by atoms with E-state index >= 15 is 0 Å². The van der Waals surface area contributed by atoms with Crippen LogP contribution >= 0.6 is 0 Å². The molecule has 0 spiro atoms. The maximum atomic E-state index is 5.62. The van der Waals surface area contributed by atoms with Gasteiger partial charge in [0.2, 0.25) is 0 Å². The van der Waals surface area contributed by atoms with Gasteiger partial charge in [0.05, 0.1) is 0 Å². The third kappa shape index (κ3) is 3.02. The fourth-order valence-electron chi connectivity index (χ4n) is 1.55. The Morgan fingerprint density at radius 2 is 1.33 bits per heavy atom. The number of rotatable bonds is 1. The number of benzene rings is 2. The first-order chi connectivity index (χ1) is 8.65. The Morgan fingerprint density at radius 3 is 1.78 bits per heavy atom. The standard InChI is InChI=1S/C17H15N/c1-13(2)16-9-5-14(6-10-16)3-4-15-7-11-17(18)12-8-15/h5-12H,1,18H2,2H3. The van der Waals surface area contributed by atoms with Gasteiger partial charge in [-0.05, 0) is 48.9 Å². The molecule has 0 aliphatic heterocycles. The van der Waals surface area contributed by atoms with E-state index in [1.807, 2.05) is 55.5 Å². The van der Waals surface area contributed by atoms with Crippen LogP contribution < -0.4 is 5.73 Å². The van der Waals surface area contributed by atoms with Gasteiger partial charge in [0.1, 0.15) is 0 Å². The van der Waals surface area contributed by atoms with E-state index in [2.05, 4.69) is 18.4 Å². The number of allylic oxidation sites excluding steroid dienone is 1. The van der Waals surface area contributed by atoms with Crippen LogP contribution in [0.15, 0.2) is 55.1 Å². The molecule has 0 fully saturated rings. The summed E-state index contributed by atoms with van der Waals surface area (Å²) in [6.45, 7) is 5.90. The quantitative estimate of drug-likeness (QED) is 0.590. The summed E-state index contributed by atoms with van der Waals surface area (Å²) in [6, 6.07) is 15.6. The third-order valence-electron chi connectivity index (χ3n) is 2.64. The van der Waals surface area contributed by atoms with Crippen LogP contribution in [-0.2, 0) is 0 Å². The van der Waals surface area contributed by atoms with Gasteiger partial charge in [0.25, 0.3) is 0 Å². The van der Waals surface area contributed by atoms with E-state index in [0.717, 1.165) is 28.0 Å². The number of nitrogen functional groups attached to an aromatic ring is 1. The zero-order chi connectivity index (χ0) is 13.0. The van der Waals surface area contributed by atoms with Crippen LogP contribution in [0.2, 0.25) is 0 Å². The van der Waals surface area contributed by atoms with Crippen molar-refractivity contribution in [1.29, 1.82) is 0 Å². The highest BCUT2D eigenvalue weighted by Gasteiger charge is 1.92. The minimum absolute atomic E-state index is 0.756. The molecule has 1 heteroatoms. The van der Waals surface area contributed by atoms with E-state index in [0.29, 0.717) is 0 Å². The highest BCUT2D eigenvalue weighted by molar-refractivity contribution is 5.62. The first-order valence-corrected chi connectivity index (χ1v) is 5.78. The molecule has 0 aliphatic rings.